The van der Waals surface area contributed by atoms with Crippen molar-refractivity contribution in [3.63, 3.8) is 0 Å². The summed E-state index contributed by atoms with van der Waals surface area (Å²) in [6.07, 6.45) is 3.56. The topological polar surface area (TPSA) is 104 Å². The van der Waals surface area contributed by atoms with Crippen LogP contribution in [0.1, 0.15) is 38.8 Å². The van der Waals surface area contributed by atoms with Gasteiger partial charge in [0.15, 0.2) is 0 Å². The van der Waals surface area contributed by atoms with Crippen molar-refractivity contribution in [1.82, 2.24) is 29.4 Å². The number of benzene rings is 2. The van der Waals surface area contributed by atoms with Gasteiger partial charge in [-0.1, -0.05) is 29.5 Å². The van der Waals surface area contributed by atoms with Crippen molar-refractivity contribution in [3.05, 3.63) is 75.7 Å². The molecule has 10 heteroatoms. The molecule has 5 aromatic rings. The van der Waals surface area contributed by atoms with Crippen LogP contribution in [0, 0.1) is 18.8 Å². The number of aryl methyl sites for hydroxylation is 3. The van der Waals surface area contributed by atoms with Crippen LogP contribution < -0.4 is 10.5 Å². The van der Waals surface area contributed by atoms with Gasteiger partial charge in [0.1, 0.15) is 18.2 Å². The standard InChI is InChI=1S/C28H24ClN7O2/c1-15-17(13-34(2)33-15)7-5-16-6-8-18-24(14-38-25(18)9-16)35(3)28(37)19-10-20-23(11-22(19)29)32-27(30)21-12-31-36(4)26(20)21/h6,8-13,24H,14H2,1-4H3,(H2,30,32)/t24-/m1/s1. The van der Waals surface area contributed by atoms with E-state index in [0.717, 1.165) is 38.7 Å². The Bertz CT molecular complexity index is 1840. The molecule has 2 aromatic carbocycles. The van der Waals surface area contributed by atoms with Gasteiger partial charge in [0.25, 0.3) is 5.91 Å². The Morgan fingerprint density at radius 3 is 2.79 bits per heavy atom. The van der Waals surface area contributed by atoms with Gasteiger partial charge in [0, 0.05) is 43.9 Å². The number of likely N-dealkylation sites (N-methyl/N-ethyl adjacent to an activating group) is 1. The zero-order chi connectivity index (χ0) is 26.7. The van der Waals surface area contributed by atoms with Crippen LogP contribution in [-0.2, 0) is 14.1 Å². The number of nitrogen functional groups attached to an aromatic ring is 1. The first kappa shape index (κ1) is 23.8. The van der Waals surface area contributed by atoms with E-state index in [2.05, 4.69) is 27.0 Å². The Morgan fingerprint density at radius 1 is 1.21 bits per heavy atom. The largest absolute Gasteiger partial charge is 0.491 e. The second-order valence-corrected chi connectivity index (χ2v) is 9.83. The lowest BCUT2D eigenvalue weighted by molar-refractivity contribution is 0.0709. The molecule has 1 amide bonds. The van der Waals surface area contributed by atoms with Crippen LogP contribution in [0.5, 0.6) is 5.75 Å². The van der Waals surface area contributed by atoms with Gasteiger partial charge in [-0.25, -0.2) is 4.98 Å². The van der Waals surface area contributed by atoms with Crippen molar-refractivity contribution in [2.24, 2.45) is 14.1 Å². The summed E-state index contributed by atoms with van der Waals surface area (Å²) in [6.45, 7) is 2.27. The summed E-state index contributed by atoms with van der Waals surface area (Å²) in [5.74, 6) is 7.21. The molecule has 0 saturated carbocycles. The van der Waals surface area contributed by atoms with E-state index in [-0.39, 0.29) is 11.9 Å². The number of halogens is 1. The highest BCUT2D eigenvalue weighted by Crippen LogP contribution is 2.38. The van der Waals surface area contributed by atoms with Gasteiger partial charge < -0.3 is 15.4 Å². The molecule has 0 bridgehead atoms. The minimum atomic E-state index is -0.270. The molecule has 1 aliphatic heterocycles. The Balaban J connectivity index is 1.31. The van der Waals surface area contributed by atoms with Crippen molar-refractivity contribution >= 4 is 45.1 Å². The number of carbonyl (C=O) groups is 1. The summed E-state index contributed by atoms with van der Waals surface area (Å²) in [6, 6.07) is 8.98. The maximum atomic E-state index is 13.7. The number of hydrogen-bond donors (Lipinski definition) is 1. The van der Waals surface area contributed by atoms with E-state index in [1.165, 1.54) is 0 Å². The minimum Gasteiger partial charge on any atom is -0.491 e. The van der Waals surface area contributed by atoms with Crippen molar-refractivity contribution in [3.8, 4) is 17.6 Å². The van der Waals surface area contributed by atoms with Gasteiger partial charge >= 0.3 is 0 Å². The summed E-state index contributed by atoms with van der Waals surface area (Å²) < 4.78 is 9.44. The molecular formula is C28H24ClN7O2. The van der Waals surface area contributed by atoms with Crippen molar-refractivity contribution in [2.45, 2.75) is 13.0 Å². The average molecular weight is 526 g/mol. The number of carbonyl (C=O) groups excluding carboxylic acids is 1. The van der Waals surface area contributed by atoms with Crippen LogP contribution in [0.2, 0.25) is 5.02 Å². The molecule has 1 aliphatic rings. The van der Waals surface area contributed by atoms with Crippen molar-refractivity contribution < 1.29 is 9.53 Å². The molecule has 190 valence electrons. The van der Waals surface area contributed by atoms with E-state index in [0.29, 0.717) is 34.3 Å². The molecule has 1 atom stereocenters. The molecule has 9 nitrogen and oxygen atoms in total. The summed E-state index contributed by atoms with van der Waals surface area (Å²) in [7, 11) is 5.45. The molecule has 2 N–H and O–H groups in total. The minimum absolute atomic E-state index is 0.221. The van der Waals surface area contributed by atoms with E-state index in [9.17, 15) is 4.79 Å². The molecule has 3 aromatic heterocycles. The molecule has 0 radical (unpaired) electrons. The lowest BCUT2D eigenvalue weighted by Gasteiger charge is -2.24. The SMILES string of the molecule is Cc1nn(C)cc1C#Cc1ccc2c(c1)OC[C@H]2N(C)C(=O)c1cc2c(cc1Cl)nc(N)c1cnn(C)c12. The van der Waals surface area contributed by atoms with Gasteiger partial charge in [0.2, 0.25) is 0 Å². The number of amides is 1. The van der Waals surface area contributed by atoms with Crippen LogP contribution >= 0.6 is 11.6 Å². The summed E-state index contributed by atoms with van der Waals surface area (Å²) in [5, 5.41) is 10.4. The number of ether oxygens (including phenoxy) is 1. The summed E-state index contributed by atoms with van der Waals surface area (Å²) in [5.41, 5.74) is 11.4. The Morgan fingerprint density at radius 2 is 2.03 bits per heavy atom. The van der Waals surface area contributed by atoms with Crippen LogP contribution in [0.4, 0.5) is 5.82 Å². The number of pyridine rings is 1. The number of hydrogen-bond acceptors (Lipinski definition) is 6. The molecule has 0 fully saturated rings. The van der Waals surface area contributed by atoms with Gasteiger partial charge in [-0.2, -0.15) is 10.2 Å². The van der Waals surface area contributed by atoms with Crippen molar-refractivity contribution in [1.29, 1.82) is 0 Å². The maximum absolute atomic E-state index is 13.7. The molecule has 6 rings (SSSR count). The zero-order valence-electron chi connectivity index (χ0n) is 21.3. The number of aromatic nitrogens is 5. The smallest absolute Gasteiger partial charge is 0.255 e. The molecule has 0 spiro atoms. The monoisotopic (exact) mass is 525 g/mol. The highest BCUT2D eigenvalue weighted by Gasteiger charge is 2.32. The highest BCUT2D eigenvalue weighted by atomic mass is 35.5. The van der Waals surface area contributed by atoms with E-state index in [1.807, 2.05) is 45.4 Å². The molecule has 0 unspecified atom stereocenters. The molecule has 4 heterocycles. The molecule has 0 aliphatic carbocycles. The van der Waals surface area contributed by atoms with Crippen LogP contribution in [0.15, 0.2) is 42.7 Å². The number of nitrogens with two attached hydrogens (primary N) is 1. The summed E-state index contributed by atoms with van der Waals surface area (Å²) >= 11 is 6.58. The van der Waals surface area contributed by atoms with Crippen LogP contribution in [-0.4, -0.2) is 49.0 Å². The number of nitrogens with zero attached hydrogens (tertiary/aromatic N) is 6. The van der Waals surface area contributed by atoms with E-state index < -0.39 is 0 Å². The van der Waals surface area contributed by atoms with Gasteiger partial charge in [-0.15, -0.1) is 0 Å². The highest BCUT2D eigenvalue weighted by molar-refractivity contribution is 6.35. The number of rotatable bonds is 2. The molecule has 0 saturated heterocycles. The quantitative estimate of drug-likeness (QED) is 0.349. The van der Waals surface area contributed by atoms with Crippen LogP contribution in [0.25, 0.3) is 21.8 Å². The van der Waals surface area contributed by atoms with Gasteiger partial charge in [0.05, 0.1) is 50.5 Å². The van der Waals surface area contributed by atoms with Crippen LogP contribution in [0.3, 0.4) is 0 Å². The Hall–Kier alpha value is -4.55. The Labute approximate surface area is 223 Å². The fraction of sp³-hybridized carbons (Fsp3) is 0.214. The first-order valence-corrected chi connectivity index (χ1v) is 12.4. The lowest BCUT2D eigenvalue weighted by atomic mass is 10.0. The average Bonchev–Trinajstić information content (AvgIpc) is 3.58. The zero-order valence-corrected chi connectivity index (χ0v) is 22.0. The predicted octanol–water partition coefficient (Wildman–Crippen LogP) is 4.00. The number of fused-ring (bicyclic) bond motifs is 4. The normalized spacial score (nSPS) is 14.3. The fourth-order valence-electron chi connectivity index (χ4n) is 4.93. The summed E-state index contributed by atoms with van der Waals surface area (Å²) in [4.78, 5) is 19.8. The third-order valence-corrected chi connectivity index (χ3v) is 7.25. The van der Waals surface area contributed by atoms with Gasteiger partial charge in [-0.3, -0.25) is 14.2 Å². The Kier molecular flexibility index (Phi) is 5.51. The van der Waals surface area contributed by atoms with Gasteiger partial charge in [-0.05, 0) is 31.2 Å². The van der Waals surface area contributed by atoms with E-state index in [1.54, 1.807) is 39.6 Å². The molecule has 38 heavy (non-hydrogen) atoms. The van der Waals surface area contributed by atoms with E-state index >= 15 is 0 Å². The first-order chi connectivity index (χ1) is 18.2. The molecular weight excluding hydrogens is 502 g/mol. The maximum Gasteiger partial charge on any atom is 0.255 e. The third kappa shape index (κ3) is 3.81. The fourth-order valence-corrected chi connectivity index (χ4v) is 5.17. The van der Waals surface area contributed by atoms with Crippen molar-refractivity contribution in [2.75, 3.05) is 19.4 Å². The first-order valence-electron chi connectivity index (χ1n) is 12.0. The lowest BCUT2D eigenvalue weighted by Crippen LogP contribution is -2.32. The predicted molar refractivity (Wildman–Crippen MR) is 146 cm³/mol. The van der Waals surface area contributed by atoms with E-state index in [4.69, 9.17) is 22.1 Å². The number of anilines is 1. The second-order valence-electron chi connectivity index (χ2n) is 9.42. The third-order valence-electron chi connectivity index (χ3n) is 6.94. The second kappa shape index (κ2) is 8.78.